The zero-order chi connectivity index (χ0) is 18.3. The Balaban J connectivity index is 2.12. The molecule has 1 aliphatic rings. The van der Waals surface area contributed by atoms with E-state index >= 15 is 0 Å². The number of anilines is 1. The molecule has 1 saturated heterocycles. The number of rotatable bonds is 2. The number of hydrogen-bond acceptors (Lipinski definition) is 3. The minimum atomic E-state index is -4.62. The molecule has 0 bridgehead atoms. The Morgan fingerprint density at radius 2 is 1.96 bits per heavy atom. The van der Waals surface area contributed by atoms with Gasteiger partial charge in [0.2, 0.25) is 0 Å². The third-order valence-electron chi connectivity index (χ3n) is 3.86. The van der Waals surface area contributed by atoms with Crippen molar-refractivity contribution >= 4 is 11.7 Å². The van der Waals surface area contributed by atoms with Crippen LogP contribution in [0.5, 0.6) is 0 Å². The van der Waals surface area contributed by atoms with Crippen LogP contribution in [-0.4, -0.2) is 28.3 Å². The van der Waals surface area contributed by atoms with Crippen molar-refractivity contribution in [2.24, 2.45) is 0 Å². The lowest BCUT2D eigenvalue weighted by Gasteiger charge is -2.27. The van der Waals surface area contributed by atoms with Crippen LogP contribution in [0.4, 0.5) is 23.7 Å². The average molecular weight is 347 g/mol. The molecule has 2 heterocycles. The summed E-state index contributed by atoms with van der Waals surface area (Å²) in [6, 6.07) is -0.518. The number of H-pyrrole nitrogens is 1. The minimum Gasteiger partial charge on any atom is -0.367 e. The maximum atomic E-state index is 12.7. The van der Waals surface area contributed by atoms with Crippen molar-refractivity contribution < 1.29 is 22.7 Å². The van der Waals surface area contributed by atoms with Crippen molar-refractivity contribution in [2.75, 3.05) is 5.32 Å². The van der Waals surface area contributed by atoms with Crippen molar-refractivity contribution in [3.8, 4) is 0 Å². The number of pyridine rings is 1. The van der Waals surface area contributed by atoms with E-state index in [0.29, 0.717) is 18.7 Å². The largest absolute Gasteiger partial charge is 0.417 e. The van der Waals surface area contributed by atoms with Crippen LogP contribution in [0.3, 0.4) is 0 Å². The van der Waals surface area contributed by atoms with Crippen molar-refractivity contribution in [3.05, 3.63) is 28.2 Å². The van der Waals surface area contributed by atoms with Gasteiger partial charge in [0.25, 0.3) is 5.56 Å². The number of carbonyl (C=O) groups is 1. The number of nitrogens with one attached hydrogen (secondary N) is 3. The normalized spacial score (nSPS) is 22.2. The molecule has 134 valence electrons. The van der Waals surface area contributed by atoms with Gasteiger partial charge in [-0.3, -0.25) is 4.79 Å². The van der Waals surface area contributed by atoms with E-state index < -0.39 is 40.2 Å². The fraction of sp³-hybridized carbons (Fsp3) is 0.600. The van der Waals surface area contributed by atoms with Crippen LogP contribution in [0.25, 0.3) is 0 Å². The van der Waals surface area contributed by atoms with Crippen molar-refractivity contribution in [1.29, 1.82) is 0 Å². The van der Waals surface area contributed by atoms with Crippen LogP contribution in [-0.2, 0) is 10.9 Å². The van der Waals surface area contributed by atoms with E-state index in [9.17, 15) is 22.8 Å². The Kier molecular flexibility index (Phi) is 4.43. The van der Waals surface area contributed by atoms with E-state index in [4.69, 9.17) is 4.74 Å². The Bertz CT molecular complexity index is 695. The highest BCUT2D eigenvalue weighted by Crippen LogP contribution is 2.37. The smallest absolute Gasteiger partial charge is 0.367 e. The molecule has 0 aliphatic carbocycles. The number of carbonyl (C=O) groups excluding carboxylic acids is 1. The number of urea groups is 1. The molecule has 2 amide bonds. The first kappa shape index (κ1) is 18.3. The van der Waals surface area contributed by atoms with E-state index in [1.54, 1.807) is 0 Å². The molecule has 6 nitrogen and oxygen atoms in total. The molecule has 1 aromatic heterocycles. The second-order valence-electron chi connectivity index (χ2n) is 6.95. The summed E-state index contributed by atoms with van der Waals surface area (Å²) in [5.41, 5.74) is -3.42. The highest BCUT2D eigenvalue weighted by molar-refractivity contribution is 5.89. The number of aromatic amines is 1. The number of alkyl halides is 3. The Morgan fingerprint density at radius 3 is 2.46 bits per heavy atom. The van der Waals surface area contributed by atoms with Gasteiger partial charge in [-0.2, -0.15) is 13.2 Å². The standard InChI is InChI=1S/C15H20F3N3O3/c1-13(2)6-10(14(3,4)24-13)21-12(23)20-9-5-8(15(16,17)18)7-19-11(9)22/h5,7,10H,6H2,1-4H3,(H,19,22)(H2,20,21,23). The van der Waals surface area contributed by atoms with E-state index in [1.165, 1.54) is 0 Å². The lowest BCUT2D eigenvalue weighted by molar-refractivity contribution is -0.137. The topological polar surface area (TPSA) is 83.2 Å². The van der Waals surface area contributed by atoms with Gasteiger partial charge in [0.05, 0.1) is 22.8 Å². The van der Waals surface area contributed by atoms with Gasteiger partial charge in [-0.25, -0.2) is 4.79 Å². The SMILES string of the molecule is CC1(C)CC(NC(=O)Nc2cc(C(F)(F)F)c[nH]c2=O)C(C)(C)O1. The summed E-state index contributed by atoms with van der Waals surface area (Å²) >= 11 is 0. The molecular formula is C15H20F3N3O3. The van der Waals surface area contributed by atoms with Crippen LogP contribution in [0.1, 0.15) is 39.7 Å². The Hall–Kier alpha value is -2.03. The fourth-order valence-corrected chi connectivity index (χ4v) is 2.84. The first-order valence-corrected chi connectivity index (χ1v) is 7.38. The molecule has 1 fully saturated rings. The van der Waals surface area contributed by atoms with Crippen LogP contribution in [0.2, 0.25) is 0 Å². The third kappa shape index (κ3) is 4.08. The van der Waals surface area contributed by atoms with E-state index in [2.05, 4.69) is 10.6 Å². The second kappa shape index (κ2) is 5.80. The minimum absolute atomic E-state index is 0.350. The summed E-state index contributed by atoms with van der Waals surface area (Å²) in [5, 5.41) is 4.81. The number of amides is 2. The lowest BCUT2D eigenvalue weighted by Crippen LogP contribution is -2.48. The van der Waals surface area contributed by atoms with Crippen molar-refractivity contribution in [1.82, 2.24) is 10.3 Å². The molecule has 1 atom stereocenters. The number of aromatic nitrogens is 1. The van der Waals surface area contributed by atoms with Crippen LogP contribution >= 0.6 is 0 Å². The van der Waals surface area contributed by atoms with Gasteiger partial charge >= 0.3 is 12.2 Å². The Morgan fingerprint density at radius 1 is 1.33 bits per heavy atom. The molecule has 9 heteroatoms. The Labute approximate surface area is 136 Å². The summed E-state index contributed by atoms with van der Waals surface area (Å²) in [6.07, 6.45) is -3.53. The first-order valence-electron chi connectivity index (χ1n) is 7.38. The summed E-state index contributed by atoms with van der Waals surface area (Å²) in [7, 11) is 0. The highest BCUT2D eigenvalue weighted by atomic mass is 19.4. The summed E-state index contributed by atoms with van der Waals surface area (Å²) < 4.78 is 43.9. The monoisotopic (exact) mass is 347 g/mol. The van der Waals surface area contributed by atoms with Gasteiger partial charge in [-0.15, -0.1) is 0 Å². The van der Waals surface area contributed by atoms with E-state index in [-0.39, 0.29) is 6.04 Å². The molecule has 0 radical (unpaired) electrons. The number of halogens is 3. The van der Waals surface area contributed by atoms with Crippen molar-refractivity contribution in [2.45, 2.75) is 57.5 Å². The highest BCUT2D eigenvalue weighted by Gasteiger charge is 2.46. The van der Waals surface area contributed by atoms with Crippen LogP contribution in [0, 0.1) is 0 Å². The molecule has 1 aliphatic heterocycles. The zero-order valence-corrected chi connectivity index (χ0v) is 13.8. The van der Waals surface area contributed by atoms with Gasteiger partial charge < -0.3 is 20.4 Å². The summed E-state index contributed by atoms with van der Waals surface area (Å²) in [6.45, 7) is 7.38. The quantitative estimate of drug-likeness (QED) is 0.769. The molecule has 1 unspecified atom stereocenters. The predicted octanol–water partition coefficient (Wildman–Crippen LogP) is 2.86. The molecule has 2 rings (SSSR count). The van der Waals surface area contributed by atoms with E-state index in [0.717, 1.165) is 0 Å². The van der Waals surface area contributed by atoms with Gasteiger partial charge in [0.15, 0.2) is 0 Å². The third-order valence-corrected chi connectivity index (χ3v) is 3.86. The summed E-state index contributed by atoms with van der Waals surface area (Å²) in [5.74, 6) is 0. The predicted molar refractivity (Wildman–Crippen MR) is 81.9 cm³/mol. The van der Waals surface area contributed by atoms with Crippen molar-refractivity contribution in [3.63, 3.8) is 0 Å². The van der Waals surface area contributed by atoms with Gasteiger partial charge in [-0.05, 0) is 40.2 Å². The molecule has 0 aromatic carbocycles. The van der Waals surface area contributed by atoms with E-state index in [1.807, 2.05) is 32.7 Å². The second-order valence-corrected chi connectivity index (χ2v) is 6.95. The number of hydrogen-bond donors (Lipinski definition) is 3. The van der Waals surface area contributed by atoms with Gasteiger partial charge in [0, 0.05) is 6.20 Å². The fourth-order valence-electron chi connectivity index (χ4n) is 2.84. The van der Waals surface area contributed by atoms with Crippen LogP contribution < -0.4 is 16.2 Å². The molecule has 0 saturated carbocycles. The molecule has 24 heavy (non-hydrogen) atoms. The lowest BCUT2D eigenvalue weighted by atomic mass is 9.95. The average Bonchev–Trinajstić information content (AvgIpc) is 2.58. The molecular weight excluding hydrogens is 327 g/mol. The first-order chi connectivity index (χ1) is 10.8. The molecule has 1 aromatic rings. The molecule has 3 N–H and O–H groups in total. The molecule has 0 spiro atoms. The zero-order valence-electron chi connectivity index (χ0n) is 13.8. The number of ether oxygens (including phenoxy) is 1. The summed E-state index contributed by atoms with van der Waals surface area (Å²) in [4.78, 5) is 25.6. The van der Waals surface area contributed by atoms with Crippen LogP contribution in [0.15, 0.2) is 17.1 Å². The maximum Gasteiger partial charge on any atom is 0.417 e. The van der Waals surface area contributed by atoms with Gasteiger partial charge in [-0.1, -0.05) is 0 Å². The van der Waals surface area contributed by atoms with Gasteiger partial charge in [0.1, 0.15) is 5.69 Å². The maximum absolute atomic E-state index is 12.7.